The van der Waals surface area contributed by atoms with Crippen molar-refractivity contribution in [3.63, 3.8) is 0 Å². The number of hydrogen-bond donors (Lipinski definition) is 0. The fourth-order valence-corrected chi connectivity index (χ4v) is 3.45. The molecule has 240 valence electrons. The van der Waals surface area contributed by atoms with Gasteiger partial charge in [-0.1, -0.05) is 138 Å². The minimum Gasteiger partial charge on any atom is -0.369 e. The second kappa shape index (κ2) is 34.3. The van der Waals surface area contributed by atoms with Gasteiger partial charge in [0.1, 0.15) is 0 Å². The van der Waals surface area contributed by atoms with Gasteiger partial charge in [0.05, 0.1) is 5.70 Å². The zero-order chi connectivity index (χ0) is 33.3. The molecule has 1 aromatic rings. The predicted molar refractivity (Wildman–Crippen MR) is 200 cm³/mol. The molecule has 0 heterocycles. The number of allylic oxidation sites excluding steroid dienone is 9. The molecule has 0 atom stereocenters. The van der Waals surface area contributed by atoms with Crippen LogP contribution in [0.4, 0.5) is 0 Å². The molecule has 0 aliphatic heterocycles. The van der Waals surface area contributed by atoms with Gasteiger partial charge in [0.2, 0.25) is 0 Å². The standard InChI is InChI=1S/C21H32N2.C7H12.C6H12.C4H8.C2H6/c1-7-9-15-23(16-14-17(3)4)20(8-2)21(22-6)19-12-10-18(5)11-13-19;1-4-7(5-2)6-3;1-4-5-6(2)3;1-3-4-2;1-2/h10-14H,6-9,15-16H2,1-5H3;4-5H,1,6H2,2-3H3;5H,4H2,1-3H3;3-4H,1-2H3;1-2H3/b21-20-;7-5+;;4-3-;. The second-order valence-corrected chi connectivity index (χ2v) is 10.0. The lowest BCUT2D eigenvalue weighted by atomic mass is 10.1. The second-order valence-electron chi connectivity index (χ2n) is 10.0. The molecule has 0 spiro atoms. The molecule has 2 heteroatoms. The van der Waals surface area contributed by atoms with Gasteiger partial charge in [-0.25, -0.2) is 0 Å². The summed E-state index contributed by atoms with van der Waals surface area (Å²) in [6.07, 6.45) is 18.1. The minimum absolute atomic E-state index is 0.941. The molecule has 1 rings (SSSR count). The maximum Gasteiger partial charge on any atom is 0.0885 e. The Labute approximate surface area is 264 Å². The largest absolute Gasteiger partial charge is 0.369 e. The molecule has 42 heavy (non-hydrogen) atoms. The lowest BCUT2D eigenvalue weighted by molar-refractivity contribution is 0.362. The Balaban J connectivity index is -0.000000309. The smallest absolute Gasteiger partial charge is 0.0885 e. The van der Waals surface area contributed by atoms with E-state index >= 15 is 0 Å². The lowest BCUT2D eigenvalue weighted by Crippen LogP contribution is -2.25. The van der Waals surface area contributed by atoms with Crippen molar-refractivity contribution in [2.45, 2.75) is 129 Å². The van der Waals surface area contributed by atoms with Crippen LogP contribution in [0.25, 0.3) is 5.70 Å². The average Bonchev–Trinajstić information content (AvgIpc) is 2.99. The van der Waals surface area contributed by atoms with Crippen molar-refractivity contribution in [3.05, 3.63) is 101 Å². The van der Waals surface area contributed by atoms with Gasteiger partial charge in [-0.05, 0) is 87.8 Å². The van der Waals surface area contributed by atoms with Crippen LogP contribution in [0, 0.1) is 6.92 Å². The topological polar surface area (TPSA) is 15.6 Å². The first kappa shape index (κ1) is 46.1. The Morgan fingerprint density at radius 1 is 0.833 bits per heavy atom. The fraction of sp³-hybridized carbons (Fsp3) is 0.525. The first-order chi connectivity index (χ1) is 20.1. The number of aryl methyl sites for hydroxylation is 1. The Hall–Kier alpha value is -2.87. The molecule has 0 aromatic heterocycles. The van der Waals surface area contributed by atoms with Crippen LogP contribution >= 0.6 is 0 Å². The molecule has 0 unspecified atom stereocenters. The number of aliphatic imine (C=N–C) groups is 1. The Morgan fingerprint density at radius 3 is 1.62 bits per heavy atom. The molecule has 0 aliphatic rings. The number of unbranched alkanes of at least 4 members (excludes halogenated alkanes) is 1. The molecule has 0 bridgehead atoms. The monoisotopic (exact) mass is 579 g/mol. The van der Waals surface area contributed by atoms with E-state index in [1.165, 1.54) is 47.2 Å². The maximum absolute atomic E-state index is 4.38. The van der Waals surface area contributed by atoms with Crippen LogP contribution in [0.1, 0.15) is 133 Å². The van der Waals surface area contributed by atoms with Crippen molar-refractivity contribution in [1.82, 2.24) is 4.90 Å². The highest BCUT2D eigenvalue weighted by Gasteiger charge is 2.13. The third kappa shape index (κ3) is 27.3. The Morgan fingerprint density at radius 2 is 1.36 bits per heavy atom. The van der Waals surface area contributed by atoms with Crippen LogP contribution in [0.2, 0.25) is 0 Å². The van der Waals surface area contributed by atoms with Gasteiger partial charge in [0.15, 0.2) is 0 Å². The van der Waals surface area contributed by atoms with Crippen LogP contribution in [0.15, 0.2) is 94.7 Å². The molecule has 0 aliphatic carbocycles. The van der Waals surface area contributed by atoms with E-state index in [4.69, 9.17) is 0 Å². The van der Waals surface area contributed by atoms with Gasteiger partial charge in [0, 0.05) is 24.4 Å². The van der Waals surface area contributed by atoms with Crippen LogP contribution in [-0.4, -0.2) is 24.7 Å². The quantitative estimate of drug-likeness (QED) is 0.137. The Bertz CT molecular complexity index is 909. The molecule has 0 amide bonds. The summed E-state index contributed by atoms with van der Waals surface area (Å²) in [4.78, 5) is 6.84. The van der Waals surface area contributed by atoms with E-state index in [9.17, 15) is 0 Å². The minimum atomic E-state index is 0.941. The van der Waals surface area contributed by atoms with Crippen LogP contribution in [0.5, 0.6) is 0 Å². The molecule has 0 saturated heterocycles. The number of rotatable bonds is 12. The third-order valence-electron chi connectivity index (χ3n) is 5.96. The third-order valence-corrected chi connectivity index (χ3v) is 5.96. The molecular weight excluding hydrogens is 508 g/mol. The van der Waals surface area contributed by atoms with E-state index in [0.717, 1.165) is 37.2 Å². The number of hydrogen-bond acceptors (Lipinski definition) is 2. The van der Waals surface area contributed by atoms with Gasteiger partial charge >= 0.3 is 0 Å². The van der Waals surface area contributed by atoms with Crippen molar-refractivity contribution in [2.24, 2.45) is 4.99 Å². The first-order valence-corrected chi connectivity index (χ1v) is 16.2. The highest BCUT2D eigenvalue weighted by molar-refractivity contribution is 5.70. The van der Waals surface area contributed by atoms with Gasteiger partial charge < -0.3 is 4.90 Å². The van der Waals surface area contributed by atoms with Crippen molar-refractivity contribution in [3.8, 4) is 0 Å². The van der Waals surface area contributed by atoms with E-state index < -0.39 is 0 Å². The van der Waals surface area contributed by atoms with Crippen LogP contribution in [0.3, 0.4) is 0 Å². The summed E-state index contributed by atoms with van der Waals surface area (Å²) in [5.74, 6) is 0. The van der Waals surface area contributed by atoms with E-state index in [0.29, 0.717) is 0 Å². The lowest BCUT2D eigenvalue weighted by Gasteiger charge is -2.28. The zero-order valence-corrected chi connectivity index (χ0v) is 30.5. The number of nitrogens with zero attached hydrogens (tertiary/aromatic N) is 2. The van der Waals surface area contributed by atoms with Gasteiger partial charge in [-0.3, -0.25) is 4.99 Å². The van der Waals surface area contributed by atoms with E-state index in [1.54, 1.807) is 0 Å². The van der Waals surface area contributed by atoms with Crippen molar-refractivity contribution < 1.29 is 0 Å². The van der Waals surface area contributed by atoms with E-state index in [2.05, 4.69) is 128 Å². The summed E-state index contributed by atoms with van der Waals surface area (Å²) >= 11 is 0. The predicted octanol–water partition coefficient (Wildman–Crippen LogP) is 13.3. The fourth-order valence-electron chi connectivity index (χ4n) is 3.45. The van der Waals surface area contributed by atoms with E-state index in [1.807, 2.05) is 52.8 Å². The molecule has 0 radical (unpaired) electrons. The highest BCUT2D eigenvalue weighted by Crippen LogP contribution is 2.25. The van der Waals surface area contributed by atoms with Gasteiger partial charge in [-0.2, -0.15) is 0 Å². The normalized spacial score (nSPS) is 10.5. The van der Waals surface area contributed by atoms with Crippen molar-refractivity contribution in [1.29, 1.82) is 0 Å². The molecule has 0 fully saturated rings. The van der Waals surface area contributed by atoms with Crippen molar-refractivity contribution in [2.75, 3.05) is 13.1 Å². The summed E-state index contributed by atoms with van der Waals surface area (Å²) < 4.78 is 0. The summed E-state index contributed by atoms with van der Waals surface area (Å²) in [5, 5.41) is 0. The zero-order valence-electron chi connectivity index (χ0n) is 30.5. The molecule has 0 saturated carbocycles. The highest BCUT2D eigenvalue weighted by atomic mass is 15.1. The molecule has 1 aromatic carbocycles. The van der Waals surface area contributed by atoms with Crippen LogP contribution < -0.4 is 0 Å². The Kier molecular flexibility index (Phi) is 37.7. The molecular formula is C40H70N2. The SMILES string of the molecule is C/C=C\C.C=C/C(=C\C)CC.C=N/C(=C(/CC)N(CC=C(C)C)CCCC)c1ccc(C)cc1.CC.CCC=C(C)C. The average molecular weight is 579 g/mol. The maximum atomic E-state index is 4.38. The number of benzene rings is 1. The summed E-state index contributed by atoms with van der Waals surface area (Å²) in [6.45, 7) is 38.9. The summed E-state index contributed by atoms with van der Waals surface area (Å²) in [5.41, 5.74) is 8.81. The van der Waals surface area contributed by atoms with Crippen LogP contribution in [-0.2, 0) is 0 Å². The molecule has 2 nitrogen and oxygen atoms in total. The summed E-state index contributed by atoms with van der Waals surface area (Å²) in [6, 6.07) is 8.57. The molecule has 0 N–H and O–H groups in total. The first-order valence-electron chi connectivity index (χ1n) is 16.2. The van der Waals surface area contributed by atoms with Gasteiger partial charge in [0.25, 0.3) is 0 Å². The summed E-state index contributed by atoms with van der Waals surface area (Å²) in [7, 11) is 0. The van der Waals surface area contributed by atoms with Gasteiger partial charge in [-0.15, -0.1) is 0 Å². The van der Waals surface area contributed by atoms with E-state index in [-0.39, 0.29) is 0 Å². The van der Waals surface area contributed by atoms with Crippen molar-refractivity contribution >= 4 is 12.4 Å².